The Morgan fingerprint density at radius 2 is 2.00 bits per heavy atom. The predicted molar refractivity (Wildman–Crippen MR) is 66.2 cm³/mol. The fourth-order valence-electron chi connectivity index (χ4n) is 2.22. The normalized spacial score (nSPS) is 18.8. The van der Waals surface area contributed by atoms with Gasteiger partial charge in [-0.05, 0) is 31.7 Å². The molecule has 0 aromatic rings. The van der Waals surface area contributed by atoms with Gasteiger partial charge < -0.3 is 16.4 Å². The molecule has 94 valence electrons. The molecule has 4 heteroatoms. The van der Waals surface area contributed by atoms with Crippen molar-refractivity contribution in [1.82, 2.24) is 10.6 Å². The summed E-state index contributed by atoms with van der Waals surface area (Å²) in [7, 11) is 0. The summed E-state index contributed by atoms with van der Waals surface area (Å²) in [5.74, 6) is 0.429. The molecule has 0 radical (unpaired) electrons. The van der Waals surface area contributed by atoms with Gasteiger partial charge in [0.1, 0.15) is 0 Å². The lowest BCUT2D eigenvalue weighted by atomic mass is 10.0. The highest BCUT2D eigenvalue weighted by Gasteiger charge is 2.20. The second-order valence-corrected chi connectivity index (χ2v) is 5.03. The van der Waals surface area contributed by atoms with E-state index in [4.69, 9.17) is 5.73 Å². The molecule has 0 bridgehead atoms. The topological polar surface area (TPSA) is 67.1 Å². The summed E-state index contributed by atoms with van der Waals surface area (Å²) in [5, 5.41) is 6.05. The molecule has 1 atom stereocenters. The van der Waals surface area contributed by atoms with Crippen molar-refractivity contribution in [1.29, 1.82) is 0 Å². The molecular formula is C12H25N3O. The summed E-state index contributed by atoms with van der Waals surface area (Å²) in [6.07, 6.45) is 5.56. The van der Waals surface area contributed by atoms with Crippen molar-refractivity contribution >= 4 is 6.03 Å². The minimum absolute atomic E-state index is 0.0287. The summed E-state index contributed by atoms with van der Waals surface area (Å²) in [4.78, 5) is 11.7. The lowest BCUT2D eigenvalue weighted by molar-refractivity contribution is 0.228. The summed E-state index contributed by atoms with van der Waals surface area (Å²) in [5.41, 5.74) is 5.53. The van der Waals surface area contributed by atoms with E-state index in [9.17, 15) is 4.79 Å². The lowest BCUT2D eigenvalue weighted by Gasteiger charge is -2.23. The van der Waals surface area contributed by atoms with Crippen LogP contribution in [-0.2, 0) is 0 Å². The third-order valence-electron chi connectivity index (χ3n) is 3.29. The average molecular weight is 227 g/mol. The fraction of sp³-hybridized carbons (Fsp3) is 0.917. The van der Waals surface area contributed by atoms with Crippen LogP contribution in [0.1, 0.15) is 46.0 Å². The second kappa shape index (κ2) is 6.74. The van der Waals surface area contributed by atoms with Gasteiger partial charge in [-0.25, -0.2) is 4.79 Å². The number of rotatable bonds is 5. The highest BCUT2D eigenvalue weighted by Crippen LogP contribution is 2.17. The van der Waals surface area contributed by atoms with Gasteiger partial charge in [0, 0.05) is 12.1 Å². The molecule has 1 aliphatic carbocycles. The average Bonchev–Trinajstić information content (AvgIpc) is 2.69. The predicted octanol–water partition coefficient (Wildman–Crippen LogP) is 1.60. The SMILES string of the molecule is CC(C)C(CCN)NC(=O)NC1CCCC1. The summed E-state index contributed by atoms with van der Waals surface area (Å²) >= 11 is 0. The highest BCUT2D eigenvalue weighted by atomic mass is 16.2. The molecule has 0 aromatic carbocycles. The largest absolute Gasteiger partial charge is 0.335 e. The van der Waals surface area contributed by atoms with Crippen molar-refractivity contribution in [2.24, 2.45) is 11.7 Å². The van der Waals surface area contributed by atoms with Gasteiger partial charge in [-0.2, -0.15) is 0 Å². The summed E-state index contributed by atoms with van der Waals surface area (Å²) < 4.78 is 0. The first-order valence-corrected chi connectivity index (χ1v) is 6.40. The second-order valence-electron chi connectivity index (χ2n) is 5.03. The monoisotopic (exact) mass is 227 g/mol. The molecule has 0 aliphatic heterocycles. The Labute approximate surface area is 98.3 Å². The van der Waals surface area contributed by atoms with Crippen LogP contribution in [0.15, 0.2) is 0 Å². The number of urea groups is 1. The number of nitrogens with two attached hydrogens (primary N) is 1. The van der Waals surface area contributed by atoms with Crippen LogP contribution in [0.3, 0.4) is 0 Å². The third kappa shape index (κ3) is 4.39. The van der Waals surface area contributed by atoms with E-state index in [2.05, 4.69) is 24.5 Å². The van der Waals surface area contributed by atoms with E-state index in [1.807, 2.05) is 0 Å². The molecule has 1 fully saturated rings. The van der Waals surface area contributed by atoms with Gasteiger partial charge in [0.2, 0.25) is 0 Å². The number of carbonyl (C=O) groups is 1. The van der Waals surface area contributed by atoms with Gasteiger partial charge in [0.05, 0.1) is 0 Å². The number of hydrogen-bond donors (Lipinski definition) is 3. The third-order valence-corrected chi connectivity index (χ3v) is 3.29. The molecule has 2 amide bonds. The quantitative estimate of drug-likeness (QED) is 0.668. The van der Waals surface area contributed by atoms with E-state index in [0.717, 1.165) is 19.3 Å². The zero-order chi connectivity index (χ0) is 12.0. The number of amides is 2. The molecule has 0 aromatic heterocycles. The number of nitrogens with one attached hydrogen (secondary N) is 2. The van der Waals surface area contributed by atoms with Crippen LogP contribution in [0.4, 0.5) is 4.79 Å². The number of hydrogen-bond acceptors (Lipinski definition) is 2. The Morgan fingerprint density at radius 3 is 2.50 bits per heavy atom. The zero-order valence-corrected chi connectivity index (χ0v) is 10.5. The molecule has 1 aliphatic rings. The van der Waals surface area contributed by atoms with Crippen LogP contribution in [0.2, 0.25) is 0 Å². The van der Waals surface area contributed by atoms with Crippen LogP contribution in [0, 0.1) is 5.92 Å². The molecular weight excluding hydrogens is 202 g/mol. The van der Waals surface area contributed by atoms with Gasteiger partial charge in [-0.1, -0.05) is 26.7 Å². The standard InChI is InChI=1S/C12H25N3O/c1-9(2)11(7-8-13)15-12(16)14-10-5-3-4-6-10/h9-11H,3-8,13H2,1-2H3,(H2,14,15,16). The molecule has 1 saturated carbocycles. The molecule has 0 spiro atoms. The Hall–Kier alpha value is -0.770. The van der Waals surface area contributed by atoms with Gasteiger partial charge in [-0.3, -0.25) is 0 Å². The molecule has 16 heavy (non-hydrogen) atoms. The van der Waals surface area contributed by atoms with Crippen LogP contribution < -0.4 is 16.4 Å². The minimum atomic E-state index is -0.0287. The van der Waals surface area contributed by atoms with Crippen molar-refractivity contribution in [3.8, 4) is 0 Å². The van der Waals surface area contributed by atoms with Crippen molar-refractivity contribution < 1.29 is 4.79 Å². The fourth-order valence-corrected chi connectivity index (χ4v) is 2.22. The summed E-state index contributed by atoms with van der Waals surface area (Å²) in [6, 6.07) is 0.538. The first kappa shape index (κ1) is 13.3. The highest BCUT2D eigenvalue weighted by molar-refractivity contribution is 5.74. The van der Waals surface area contributed by atoms with Crippen molar-refractivity contribution in [2.75, 3.05) is 6.54 Å². The summed E-state index contributed by atoms with van der Waals surface area (Å²) in [6.45, 7) is 4.83. The van der Waals surface area contributed by atoms with Crippen molar-refractivity contribution in [3.05, 3.63) is 0 Å². The maximum absolute atomic E-state index is 11.7. The molecule has 1 unspecified atom stereocenters. The first-order valence-electron chi connectivity index (χ1n) is 6.40. The Kier molecular flexibility index (Phi) is 5.60. The molecule has 4 N–H and O–H groups in total. The Morgan fingerprint density at radius 1 is 1.38 bits per heavy atom. The maximum Gasteiger partial charge on any atom is 0.315 e. The molecule has 0 saturated heterocycles. The number of carbonyl (C=O) groups excluding carboxylic acids is 1. The zero-order valence-electron chi connectivity index (χ0n) is 10.5. The maximum atomic E-state index is 11.7. The van der Waals surface area contributed by atoms with Crippen LogP contribution in [-0.4, -0.2) is 24.7 Å². The van der Waals surface area contributed by atoms with E-state index < -0.39 is 0 Å². The lowest BCUT2D eigenvalue weighted by Crippen LogP contribution is -2.47. The Balaban J connectivity index is 2.29. The van der Waals surface area contributed by atoms with Crippen molar-refractivity contribution in [3.63, 3.8) is 0 Å². The van der Waals surface area contributed by atoms with Gasteiger partial charge >= 0.3 is 6.03 Å². The van der Waals surface area contributed by atoms with Crippen molar-refractivity contribution in [2.45, 2.75) is 58.0 Å². The van der Waals surface area contributed by atoms with Crippen LogP contribution in [0.25, 0.3) is 0 Å². The van der Waals surface area contributed by atoms with Crippen LogP contribution >= 0.6 is 0 Å². The van der Waals surface area contributed by atoms with Gasteiger partial charge in [0.25, 0.3) is 0 Å². The van der Waals surface area contributed by atoms with E-state index in [0.29, 0.717) is 18.5 Å². The first-order chi connectivity index (χ1) is 7.63. The minimum Gasteiger partial charge on any atom is -0.335 e. The van der Waals surface area contributed by atoms with E-state index in [1.54, 1.807) is 0 Å². The smallest absolute Gasteiger partial charge is 0.315 e. The van der Waals surface area contributed by atoms with Crippen LogP contribution in [0.5, 0.6) is 0 Å². The van der Waals surface area contributed by atoms with E-state index in [1.165, 1.54) is 12.8 Å². The molecule has 4 nitrogen and oxygen atoms in total. The molecule has 0 heterocycles. The Bertz CT molecular complexity index is 212. The van der Waals surface area contributed by atoms with E-state index in [-0.39, 0.29) is 12.1 Å². The van der Waals surface area contributed by atoms with E-state index >= 15 is 0 Å². The molecule has 1 rings (SSSR count). The van der Waals surface area contributed by atoms with Gasteiger partial charge in [0.15, 0.2) is 0 Å². The van der Waals surface area contributed by atoms with Gasteiger partial charge in [-0.15, -0.1) is 0 Å².